The van der Waals surface area contributed by atoms with Crippen molar-refractivity contribution < 1.29 is 0 Å². The number of nitrogens with one attached hydrogen (secondary N) is 1. The van der Waals surface area contributed by atoms with Crippen molar-refractivity contribution in [1.29, 1.82) is 0 Å². The number of unbranched alkanes of at least 4 members (excludes halogenated alkanes) is 1. The number of aromatic nitrogens is 2. The van der Waals surface area contributed by atoms with E-state index in [4.69, 9.17) is 0 Å². The molecule has 0 spiro atoms. The van der Waals surface area contributed by atoms with Crippen LogP contribution in [0.3, 0.4) is 0 Å². The predicted molar refractivity (Wildman–Crippen MR) is 79.9 cm³/mol. The van der Waals surface area contributed by atoms with Crippen molar-refractivity contribution in [1.82, 2.24) is 9.97 Å². The number of anilines is 3. The average molecular weight is 256 g/mol. The Kier molecular flexibility index (Phi) is 4.72. The molecule has 2 rings (SSSR count). The van der Waals surface area contributed by atoms with Gasteiger partial charge in [0.05, 0.1) is 12.4 Å². The highest BCUT2D eigenvalue weighted by Crippen LogP contribution is 2.24. The van der Waals surface area contributed by atoms with Gasteiger partial charge in [0.15, 0.2) is 5.82 Å². The van der Waals surface area contributed by atoms with Crippen molar-refractivity contribution in [3.8, 4) is 0 Å². The molecule has 0 saturated heterocycles. The number of nitrogens with zero attached hydrogens (tertiary/aromatic N) is 3. The van der Waals surface area contributed by atoms with Crippen LogP contribution in [-0.2, 0) is 0 Å². The van der Waals surface area contributed by atoms with E-state index >= 15 is 0 Å². The Bertz CT molecular complexity index is 499. The molecule has 0 unspecified atom stereocenters. The van der Waals surface area contributed by atoms with E-state index in [1.54, 1.807) is 6.20 Å². The van der Waals surface area contributed by atoms with E-state index in [2.05, 4.69) is 39.2 Å². The minimum absolute atomic E-state index is 0.787. The van der Waals surface area contributed by atoms with Gasteiger partial charge in [-0.3, -0.25) is 4.98 Å². The van der Waals surface area contributed by atoms with Gasteiger partial charge in [-0.2, -0.15) is 0 Å². The molecule has 100 valence electrons. The van der Waals surface area contributed by atoms with Crippen LogP contribution in [0.1, 0.15) is 19.8 Å². The zero-order chi connectivity index (χ0) is 13.5. The van der Waals surface area contributed by atoms with Gasteiger partial charge in [0, 0.05) is 19.3 Å². The minimum atomic E-state index is 0.787. The summed E-state index contributed by atoms with van der Waals surface area (Å²) in [6.45, 7) is 3.14. The second kappa shape index (κ2) is 6.73. The van der Waals surface area contributed by atoms with Gasteiger partial charge >= 0.3 is 0 Å². The number of para-hydroxylation sites is 1. The Morgan fingerprint density at radius 1 is 1.16 bits per heavy atom. The summed E-state index contributed by atoms with van der Waals surface area (Å²) in [4.78, 5) is 11.0. The first-order valence-electron chi connectivity index (χ1n) is 6.67. The van der Waals surface area contributed by atoms with Gasteiger partial charge in [0.2, 0.25) is 0 Å². The molecule has 1 N–H and O–H groups in total. The van der Waals surface area contributed by atoms with Gasteiger partial charge in [-0.05, 0) is 18.6 Å². The van der Waals surface area contributed by atoms with E-state index in [1.807, 2.05) is 31.4 Å². The van der Waals surface area contributed by atoms with E-state index in [1.165, 1.54) is 0 Å². The molecule has 0 aliphatic rings. The molecule has 4 heteroatoms. The highest BCUT2D eigenvalue weighted by molar-refractivity contribution is 5.60. The highest BCUT2D eigenvalue weighted by atomic mass is 15.2. The monoisotopic (exact) mass is 256 g/mol. The Morgan fingerprint density at radius 3 is 2.63 bits per heavy atom. The normalized spacial score (nSPS) is 10.2. The summed E-state index contributed by atoms with van der Waals surface area (Å²) in [7, 11) is 1.85. The molecule has 0 bridgehead atoms. The second-order valence-corrected chi connectivity index (χ2v) is 4.35. The summed E-state index contributed by atoms with van der Waals surface area (Å²) in [5.74, 6) is 1.67. The molecule has 1 aromatic heterocycles. The van der Waals surface area contributed by atoms with Crippen molar-refractivity contribution in [2.75, 3.05) is 23.8 Å². The lowest BCUT2D eigenvalue weighted by Crippen LogP contribution is -2.20. The second-order valence-electron chi connectivity index (χ2n) is 4.35. The molecule has 0 aliphatic heterocycles. The Labute approximate surface area is 114 Å². The van der Waals surface area contributed by atoms with Crippen molar-refractivity contribution in [2.24, 2.45) is 0 Å². The fraction of sp³-hybridized carbons (Fsp3) is 0.333. The summed E-state index contributed by atoms with van der Waals surface area (Å²) >= 11 is 0. The van der Waals surface area contributed by atoms with Gasteiger partial charge in [-0.1, -0.05) is 31.5 Å². The van der Waals surface area contributed by atoms with Crippen molar-refractivity contribution in [3.05, 3.63) is 42.7 Å². The van der Waals surface area contributed by atoms with Crippen LogP contribution >= 0.6 is 0 Å². The Balaban J connectivity index is 2.31. The van der Waals surface area contributed by atoms with Crippen LogP contribution in [0.15, 0.2) is 42.7 Å². The van der Waals surface area contributed by atoms with Crippen LogP contribution in [0.5, 0.6) is 0 Å². The minimum Gasteiger partial charge on any atom is -0.372 e. The molecular formula is C15H20N4. The zero-order valence-electron chi connectivity index (χ0n) is 11.5. The molecule has 0 atom stereocenters. The Hall–Kier alpha value is -2.10. The molecule has 0 saturated carbocycles. The molecule has 1 aromatic carbocycles. The third kappa shape index (κ3) is 3.44. The van der Waals surface area contributed by atoms with E-state index in [9.17, 15) is 0 Å². The predicted octanol–water partition coefficient (Wildman–Crippen LogP) is 3.46. The van der Waals surface area contributed by atoms with Gasteiger partial charge in [-0.15, -0.1) is 0 Å². The number of rotatable bonds is 6. The molecule has 1 heterocycles. The fourth-order valence-electron chi connectivity index (χ4n) is 1.91. The first-order valence-corrected chi connectivity index (χ1v) is 6.67. The number of hydrogen-bond donors (Lipinski definition) is 1. The SMILES string of the molecule is CCCCN(c1ccccc1)c1cncc(NC)n1. The lowest BCUT2D eigenvalue weighted by Gasteiger charge is -2.23. The van der Waals surface area contributed by atoms with Crippen molar-refractivity contribution in [3.63, 3.8) is 0 Å². The maximum absolute atomic E-state index is 4.57. The van der Waals surface area contributed by atoms with Crippen LogP contribution in [-0.4, -0.2) is 23.6 Å². The van der Waals surface area contributed by atoms with Crippen LogP contribution in [0.25, 0.3) is 0 Å². The van der Waals surface area contributed by atoms with Crippen LogP contribution in [0.4, 0.5) is 17.3 Å². The summed E-state index contributed by atoms with van der Waals surface area (Å²) < 4.78 is 0. The van der Waals surface area contributed by atoms with Crippen LogP contribution in [0, 0.1) is 0 Å². The van der Waals surface area contributed by atoms with Gasteiger partial charge in [-0.25, -0.2) is 4.98 Å². The summed E-state index contributed by atoms with van der Waals surface area (Å²) in [5.41, 5.74) is 1.15. The Morgan fingerprint density at radius 2 is 1.95 bits per heavy atom. The largest absolute Gasteiger partial charge is 0.372 e. The van der Waals surface area contributed by atoms with Gasteiger partial charge in [0.1, 0.15) is 5.82 Å². The van der Waals surface area contributed by atoms with Crippen molar-refractivity contribution >= 4 is 17.3 Å². The maximum atomic E-state index is 4.57. The first-order chi connectivity index (χ1) is 9.35. The molecule has 0 fully saturated rings. The quantitative estimate of drug-likeness (QED) is 0.859. The zero-order valence-corrected chi connectivity index (χ0v) is 11.5. The van der Waals surface area contributed by atoms with Crippen LogP contribution < -0.4 is 10.2 Å². The molecule has 2 aromatic rings. The van der Waals surface area contributed by atoms with E-state index in [0.29, 0.717) is 0 Å². The summed E-state index contributed by atoms with van der Waals surface area (Å²) in [5, 5.41) is 3.03. The highest BCUT2D eigenvalue weighted by Gasteiger charge is 2.10. The lowest BCUT2D eigenvalue weighted by molar-refractivity contribution is 0.778. The fourth-order valence-corrected chi connectivity index (χ4v) is 1.91. The molecule has 0 aliphatic carbocycles. The standard InChI is InChI=1S/C15H20N4/c1-3-4-10-19(13-8-6-5-7-9-13)15-12-17-11-14(16-2)18-15/h5-9,11-12H,3-4,10H2,1-2H3,(H,16,18). The van der Waals surface area contributed by atoms with Crippen LogP contribution in [0.2, 0.25) is 0 Å². The van der Waals surface area contributed by atoms with Crippen molar-refractivity contribution in [2.45, 2.75) is 19.8 Å². The molecule has 0 amide bonds. The first kappa shape index (κ1) is 13.3. The third-order valence-electron chi connectivity index (χ3n) is 2.96. The molecular weight excluding hydrogens is 236 g/mol. The molecule has 19 heavy (non-hydrogen) atoms. The lowest BCUT2D eigenvalue weighted by atomic mass is 10.2. The third-order valence-corrected chi connectivity index (χ3v) is 2.96. The van der Waals surface area contributed by atoms with Gasteiger partial charge in [0.25, 0.3) is 0 Å². The number of benzene rings is 1. The molecule has 0 radical (unpaired) electrons. The molecule has 4 nitrogen and oxygen atoms in total. The maximum Gasteiger partial charge on any atom is 0.153 e. The number of hydrogen-bond acceptors (Lipinski definition) is 4. The van der Waals surface area contributed by atoms with E-state index in [0.717, 1.165) is 36.7 Å². The summed E-state index contributed by atoms with van der Waals surface area (Å²) in [6.07, 6.45) is 5.82. The summed E-state index contributed by atoms with van der Waals surface area (Å²) in [6, 6.07) is 10.3. The van der Waals surface area contributed by atoms with E-state index in [-0.39, 0.29) is 0 Å². The topological polar surface area (TPSA) is 41.1 Å². The van der Waals surface area contributed by atoms with Gasteiger partial charge < -0.3 is 10.2 Å². The average Bonchev–Trinajstić information content (AvgIpc) is 2.49. The van der Waals surface area contributed by atoms with E-state index < -0.39 is 0 Å². The smallest absolute Gasteiger partial charge is 0.153 e.